The van der Waals surface area contributed by atoms with E-state index in [1.807, 2.05) is 48.9 Å². The molecule has 0 saturated heterocycles. The smallest absolute Gasteiger partial charge is 0.205 e. The molecule has 1 aliphatic carbocycles. The highest BCUT2D eigenvalue weighted by Gasteiger charge is 2.43. The van der Waals surface area contributed by atoms with E-state index in [4.69, 9.17) is 10.5 Å². The zero-order valence-electron chi connectivity index (χ0n) is 18.6. The van der Waals surface area contributed by atoms with Crippen LogP contribution < -0.4 is 5.73 Å². The fraction of sp³-hybridized carbons (Fsp3) is 0.259. The Morgan fingerprint density at radius 1 is 1.18 bits per heavy atom. The Balaban J connectivity index is 1.71. The van der Waals surface area contributed by atoms with Crippen LogP contribution in [0.25, 0.3) is 10.9 Å². The molecule has 1 atom stereocenters. The molecule has 3 aromatic rings. The van der Waals surface area contributed by atoms with Gasteiger partial charge in [0.15, 0.2) is 5.78 Å². The highest BCUT2D eigenvalue weighted by atomic mass is 19.1. The number of nitriles is 1. The summed E-state index contributed by atoms with van der Waals surface area (Å²) in [5.74, 6) is -0.340. The van der Waals surface area contributed by atoms with Gasteiger partial charge < -0.3 is 15.0 Å². The fourth-order valence-electron chi connectivity index (χ4n) is 5.04. The van der Waals surface area contributed by atoms with Crippen LogP contribution in [0.2, 0.25) is 0 Å². The molecule has 6 heteroatoms. The Morgan fingerprint density at radius 3 is 2.67 bits per heavy atom. The summed E-state index contributed by atoms with van der Waals surface area (Å²) in [5, 5.41) is 10.9. The third-order valence-electron chi connectivity index (χ3n) is 6.50. The average Bonchev–Trinajstić information content (AvgIpc) is 3.12. The fourth-order valence-corrected chi connectivity index (χ4v) is 5.04. The minimum absolute atomic E-state index is 0.0302. The molecule has 1 aliphatic heterocycles. The van der Waals surface area contributed by atoms with E-state index in [0.717, 1.165) is 16.5 Å². The van der Waals surface area contributed by atoms with Crippen molar-refractivity contribution in [3.63, 3.8) is 0 Å². The van der Waals surface area contributed by atoms with Gasteiger partial charge in [0, 0.05) is 41.1 Å². The minimum atomic E-state index is -0.617. The van der Waals surface area contributed by atoms with Crippen LogP contribution in [0, 0.1) is 22.6 Å². The first-order chi connectivity index (χ1) is 15.8. The van der Waals surface area contributed by atoms with Crippen LogP contribution in [0.3, 0.4) is 0 Å². The zero-order valence-corrected chi connectivity index (χ0v) is 18.6. The number of carbonyl (C=O) groups is 1. The van der Waals surface area contributed by atoms with Crippen molar-refractivity contribution in [2.45, 2.75) is 39.2 Å². The molecule has 0 amide bonds. The number of para-hydroxylation sites is 1. The molecule has 0 spiro atoms. The lowest BCUT2D eigenvalue weighted by molar-refractivity contribution is -0.119. The number of benzene rings is 2. The summed E-state index contributed by atoms with van der Waals surface area (Å²) in [6.45, 7) is 4.37. The molecular weight excluding hydrogens is 417 g/mol. The number of nitrogens with two attached hydrogens (primary N) is 1. The summed E-state index contributed by atoms with van der Waals surface area (Å²) in [6.07, 6.45) is 2.85. The van der Waals surface area contributed by atoms with Crippen molar-refractivity contribution < 1.29 is 13.9 Å². The lowest BCUT2D eigenvalue weighted by Gasteiger charge is -2.37. The first-order valence-electron chi connectivity index (χ1n) is 10.9. The summed E-state index contributed by atoms with van der Waals surface area (Å²) < 4.78 is 22.2. The molecule has 33 heavy (non-hydrogen) atoms. The van der Waals surface area contributed by atoms with Crippen molar-refractivity contribution in [2.24, 2.45) is 11.1 Å². The number of aromatic nitrogens is 1. The number of rotatable bonds is 3. The van der Waals surface area contributed by atoms with Gasteiger partial charge in [-0.2, -0.15) is 5.26 Å². The lowest BCUT2D eigenvalue weighted by Crippen LogP contribution is -2.33. The first kappa shape index (κ1) is 21.0. The SMILES string of the molecule is CC1(C)CC(=O)C2=C(C1)OC(N)=C(C#N)[C@@H]2c1cn(Cc2ccccc2F)c2ccccc12. The number of hydrogen-bond acceptors (Lipinski definition) is 4. The Morgan fingerprint density at radius 2 is 1.91 bits per heavy atom. The number of carbonyl (C=O) groups excluding carboxylic acids is 1. The second-order valence-corrected chi connectivity index (χ2v) is 9.52. The van der Waals surface area contributed by atoms with Crippen molar-refractivity contribution in [2.75, 3.05) is 0 Å². The van der Waals surface area contributed by atoms with Crippen molar-refractivity contribution in [1.29, 1.82) is 5.26 Å². The van der Waals surface area contributed by atoms with Crippen LogP contribution in [0.1, 0.15) is 43.7 Å². The van der Waals surface area contributed by atoms with E-state index in [1.165, 1.54) is 6.07 Å². The normalized spacial score (nSPS) is 19.9. The topological polar surface area (TPSA) is 81.0 Å². The van der Waals surface area contributed by atoms with Gasteiger partial charge in [-0.05, 0) is 23.1 Å². The maximum absolute atomic E-state index is 14.4. The van der Waals surface area contributed by atoms with Crippen molar-refractivity contribution in [3.05, 3.63) is 94.5 Å². The number of fused-ring (bicyclic) bond motifs is 1. The molecule has 0 saturated carbocycles. The summed E-state index contributed by atoms with van der Waals surface area (Å²) in [4.78, 5) is 13.3. The number of nitrogens with zero attached hydrogens (tertiary/aromatic N) is 2. The molecule has 2 aliphatic rings. The van der Waals surface area contributed by atoms with Gasteiger partial charge in [-0.1, -0.05) is 50.2 Å². The largest absolute Gasteiger partial charge is 0.444 e. The Labute approximate surface area is 191 Å². The molecular formula is C27H24FN3O2. The molecule has 0 unspecified atom stereocenters. The lowest BCUT2D eigenvalue weighted by atomic mass is 9.70. The second kappa shape index (κ2) is 7.63. The van der Waals surface area contributed by atoms with Crippen LogP contribution >= 0.6 is 0 Å². The maximum Gasteiger partial charge on any atom is 0.205 e. The van der Waals surface area contributed by atoms with Gasteiger partial charge in [0.25, 0.3) is 0 Å². The van der Waals surface area contributed by atoms with Crippen molar-refractivity contribution >= 4 is 16.7 Å². The summed E-state index contributed by atoms with van der Waals surface area (Å²) in [7, 11) is 0. The highest BCUT2D eigenvalue weighted by Crippen LogP contribution is 2.49. The molecule has 5 nitrogen and oxygen atoms in total. The van der Waals surface area contributed by atoms with Gasteiger partial charge in [0.05, 0.1) is 12.5 Å². The quantitative estimate of drug-likeness (QED) is 0.600. The summed E-state index contributed by atoms with van der Waals surface area (Å²) in [5.41, 5.74) is 8.93. The summed E-state index contributed by atoms with van der Waals surface area (Å²) in [6, 6.07) is 16.6. The third kappa shape index (κ3) is 3.50. The number of allylic oxidation sites excluding steroid dienone is 3. The van der Waals surface area contributed by atoms with Gasteiger partial charge in [-0.15, -0.1) is 0 Å². The Bertz CT molecular complexity index is 1400. The van der Waals surface area contributed by atoms with E-state index in [0.29, 0.717) is 36.3 Å². The van der Waals surface area contributed by atoms with E-state index in [-0.39, 0.29) is 28.5 Å². The van der Waals surface area contributed by atoms with Crippen molar-refractivity contribution in [1.82, 2.24) is 4.57 Å². The van der Waals surface area contributed by atoms with Crippen LogP contribution in [-0.2, 0) is 16.1 Å². The predicted octanol–water partition coefficient (Wildman–Crippen LogP) is 5.28. The second-order valence-electron chi connectivity index (χ2n) is 9.52. The van der Waals surface area contributed by atoms with Gasteiger partial charge in [0.1, 0.15) is 23.2 Å². The number of hydrogen-bond donors (Lipinski definition) is 1. The Kier molecular flexibility index (Phi) is 4.86. The van der Waals surface area contributed by atoms with Crippen LogP contribution in [-0.4, -0.2) is 10.4 Å². The molecule has 1 aromatic heterocycles. The van der Waals surface area contributed by atoms with Crippen LogP contribution in [0.5, 0.6) is 0 Å². The number of Topliss-reactive ketones (excluding diaryl/α,β-unsaturated/α-hetero) is 1. The molecule has 5 rings (SSSR count). The molecule has 166 valence electrons. The van der Waals surface area contributed by atoms with E-state index in [1.54, 1.807) is 18.2 Å². The molecule has 0 bridgehead atoms. The molecule has 2 N–H and O–H groups in total. The third-order valence-corrected chi connectivity index (χ3v) is 6.50. The van der Waals surface area contributed by atoms with E-state index in [2.05, 4.69) is 6.07 Å². The number of halogens is 1. The standard InChI is InChI=1S/C27H24FN3O2/c1-27(2)11-22(32)25-23(12-27)33-26(30)18(13-29)24(25)19-15-31(21-10-6-4-8-17(19)21)14-16-7-3-5-9-20(16)28/h3-10,15,24H,11-12,14,30H2,1-2H3/t24-/m1/s1. The van der Waals surface area contributed by atoms with Gasteiger partial charge >= 0.3 is 0 Å². The monoisotopic (exact) mass is 441 g/mol. The molecule has 2 heterocycles. The summed E-state index contributed by atoms with van der Waals surface area (Å²) >= 11 is 0. The maximum atomic E-state index is 14.4. The minimum Gasteiger partial charge on any atom is -0.444 e. The van der Waals surface area contributed by atoms with Gasteiger partial charge in [-0.3, -0.25) is 4.79 Å². The first-order valence-corrected chi connectivity index (χ1v) is 10.9. The average molecular weight is 442 g/mol. The van der Waals surface area contributed by atoms with E-state index in [9.17, 15) is 14.4 Å². The van der Waals surface area contributed by atoms with Gasteiger partial charge in [0.2, 0.25) is 5.88 Å². The van der Waals surface area contributed by atoms with Crippen LogP contribution in [0.15, 0.2) is 77.5 Å². The highest BCUT2D eigenvalue weighted by molar-refractivity contribution is 6.01. The van der Waals surface area contributed by atoms with Crippen molar-refractivity contribution in [3.8, 4) is 6.07 Å². The molecule has 0 radical (unpaired) electrons. The molecule has 0 fully saturated rings. The zero-order chi connectivity index (χ0) is 23.3. The van der Waals surface area contributed by atoms with E-state index < -0.39 is 5.92 Å². The van der Waals surface area contributed by atoms with E-state index >= 15 is 0 Å². The van der Waals surface area contributed by atoms with Gasteiger partial charge in [-0.25, -0.2) is 4.39 Å². The van der Waals surface area contributed by atoms with Crippen LogP contribution in [0.4, 0.5) is 4.39 Å². The number of ether oxygens (including phenoxy) is 1. The predicted molar refractivity (Wildman–Crippen MR) is 123 cm³/mol. The number of ketones is 1. The Hall–Kier alpha value is -3.85. The molecule has 2 aromatic carbocycles.